The molecule has 3 heteroatoms. The quantitative estimate of drug-likeness (QED) is 0.732. The Labute approximate surface area is 117 Å². The average Bonchev–Trinajstić information content (AvgIpc) is 2.85. The molecule has 0 aromatic heterocycles. The van der Waals surface area contributed by atoms with Crippen LogP contribution in [0.5, 0.6) is 0 Å². The van der Waals surface area contributed by atoms with Gasteiger partial charge in [0.25, 0.3) is 0 Å². The number of ether oxygens (including phenoxy) is 1. The Morgan fingerprint density at radius 1 is 1.05 bits per heavy atom. The number of amides is 1. The highest BCUT2D eigenvalue weighted by molar-refractivity contribution is 5.77. The third-order valence-corrected chi connectivity index (χ3v) is 4.15. The fraction of sp³-hybridized carbons (Fsp3) is 0.235. The third-order valence-electron chi connectivity index (χ3n) is 4.15. The zero-order chi connectivity index (χ0) is 13.5. The van der Waals surface area contributed by atoms with Crippen molar-refractivity contribution in [3.63, 3.8) is 0 Å². The van der Waals surface area contributed by atoms with E-state index in [1.54, 1.807) is 0 Å². The first kappa shape index (κ1) is 11.5. The van der Waals surface area contributed by atoms with E-state index in [0.717, 1.165) is 12.8 Å². The molecule has 2 aromatic rings. The standard InChI is InChI=1S/C17H15NO2/c19-17-18-16(7-8-20-17)12-5-6-15-13(10-12)9-11-3-1-2-4-14(11)15/h1-6,10,16H,7-9H2,(H,18,19)/t16-/m0/s1. The van der Waals surface area contributed by atoms with Crippen LogP contribution in [0.25, 0.3) is 11.1 Å². The Hall–Kier alpha value is -2.29. The van der Waals surface area contributed by atoms with Crippen molar-refractivity contribution in [3.05, 3.63) is 59.2 Å². The molecule has 4 rings (SSSR count). The average molecular weight is 265 g/mol. The molecule has 0 spiro atoms. The van der Waals surface area contributed by atoms with E-state index in [-0.39, 0.29) is 12.1 Å². The third kappa shape index (κ3) is 1.78. The number of cyclic esters (lactones) is 1. The summed E-state index contributed by atoms with van der Waals surface area (Å²) in [4.78, 5) is 11.3. The first-order chi connectivity index (χ1) is 9.81. The molecule has 0 saturated carbocycles. The van der Waals surface area contributed by atoms with E-state index in [0.29, 0.717) is 6.61 Å². The van der Waals surface area contributed by atoms with Crippen LogP contribution in [0.4, 0.5) is 4.79 Å². The Morgan fingerprint density at radius 3 is 2.80 bits per heavy atom. The molecule has 1 atom stereocenters. The topological polar surface area (TPSA) is 38.3 Å². The Balaban J connectivity index is 1.70. The van der Waals surface area contributed by atoms with Gasteiger partial charge in [-0.2, -0.15) is 0 Å². The molecule has 1 aliphatic carbocycles. The van der Waals surface area contributed by atoms with Gasteiger partial charge in [0.2, 0.25) is 0 Å². The Morgan fingerprint density at radius 2 is 1.90 bits per heavy atom. The first-order valence-corrected chi connectivity index (χ1v) is 6.96. The smallest absolute Gasteiger partial charge is 0.407 e. The van der Waals surface area contributed by atoms with Gasteiger partial charge >= 0.3 is 6.09 Å². The number of carbonyl (C=O) groups excluding carboxylic acids is 1. The van der Waals surface area contributed by atoms with Gasteiger partial charge in [-0.25, -0.2) is 4.79 Å². The maximum Gasteiger partial charge on any atom is 0.407 e. The van der Waals surface area contributed by atoms with E-state index in [4.69, 9.17) is 4.74 Å². The fourth-order valence-corrected chi connectivity index (χ4v) is 3.16. The summed E-state index contributed by atoms with van der Waals surface area (Å²) < 4.78 is 4.92. The summed E-state index contributed by atoms with van der Waals surface area (Å²) in [5.74, 6) is 0. The monoisotopic (exact) mass is 265 g/mol. The van der Waals surface area contributed by atoms with Crippen LogP contribution in [0.1, 0.15) is 29.2 Å². The van der Waals surface area contributed by atoms with Crippen molar-refractivity contribution in [3.8, 4) is 11.1 Å². The largest absolute Gasteiger partial charge is 0.449 e. The van der Waals surface area contributed by atoms with E-state index >= 15 is 0 Å². The summed E-state index contributed by atoms with van der Waals surface area (Å²) in [5, 5.41) is 2.88. The van der Waals surface area contributed by atoms with Gasteiger partial charge in [-0.1, -0.05) is 42.5 Å². The SMILES string of the molecule is O=C1N[C@H](c2ccc3c(c2)Cc2ccccc2-3)CCO1. The summed E-state index contributed by atoms with van der Waals surface area (Å²) in [6.45, 7) is 0.494. The summed E-state index contributed by atoms with van der Waals surface area (Å²) in [6.07, 6.45) is 1.50. The molecule has 1 amide bonds. The highest BCUT2D eigenvalue weighted by Gasteiger charge is 2.23. The van der Waals surface area contributed by atoms with Crippen LogP contribution in [-0.4, -0.2) is 12.7 Å². The number of hydrogen-bond acceptors (Lipinski definition) is 2. The predicted molar refractivity (Wildman–Crippen MR) is 76.5 cm³/mol. The number of nitrogens with one attached hydrogen (secondary N) is 1. The van der Waals surface area contributed by atoms with E-state index in [1.807, 2.05) is 0 Å². The molecule has 1 fully saturated rings. The molecule has 1 saturated heterocycles. The van der Waals surface area contributed by atoms with Gasteiger partial charge in [-0.15, -0.1) is 0 Å². The van der Waals surface area contributed by atoms with Crippen molar-refractivity contribution in [2.24, 2.45) is 0 Å². The van der Waals surface area contributed by atoms with E-state index in [2.05, 4.69) is 47.8 Å². The number of carbonyl (C=O) groups is 1. The molecule has 100 valence electrons. The lowest BCUT2D eigenvalue weighted by molar-refractivity contribution is 0.115. The van der Waals surface area contributed by atoms with Gasteiger partial charge in [0.15, 0.2) is 0 Å². The molecular formula is C17H15NO2. The molecule has 0 unspecified atom stereocenters. The van der Waals surface area contributed by atoms with Crippen molar-refractivity contribution >= 4 is 6.09 Å². The highest BCUT2D eigenvalue weighted by Crippen LogP contribution is 2.37. The molecule has 1 heterocycles. The summed E-state index contributed by atoms with van der Waals surface area (Å²) in [6, 6.07) is 15.1. The van der Waals surface area contributed by atoms with Crippen molar-refractivity contribution in [1.82, 2.24) is 5.32 Å². The van der Waals surface area contributed by atoms with E-state index < -0.39 is 0 Å². The lowest BCUT2D eigenvalue weighted by Crippen LogP contribution is -2.35. The van der Waals surface area contributed by atoms with Crippen LogP contribution >= 0.6 is 0 Å². The molecule has 0 bridgehead atoms. The van der Waals surface area contributed by atoms with Crippen LogP contribution in [0.2, 0.25) is 0 Å². The van der Waals surface area contributed by atoms with Crippen molar-refractivity contribution in [1.29, 1.82) is 0 Å². The minimum absolute atomic E-state index is 0.0743. The molecule has 3 nitrogen and oxygen atoms in total. The highest BCUT2D eigenvalue weighted by atomic mass is 16.5. The molecule has 1 N–H and O–H groups in total. The molecule has 2 aliphatic rings. The molecule has 1 aliphatic heterocycles. The zero-order valence-corrected chi connectivity index (χ0v) is 11.1. The Bertz CT molecular complexity index is 693. The number of rotatable bonds is 1. The normalized spacial score (nSPS) is 19.8. The summed E-state index contributed by atoms with van der Waals surface area (Å²) in [7, 11) is 0. The zero-order valence-electron chi connectivity index (χ0n) is 11.1. The van der Waals surface area contributed by atoms with Crippen molar-refractivity contribution < 1.29 is 9.53 Å². The minimum Gasteiger partial charge on any atom is -0.449 e. The lowest BCUT2D eigenvalue weighted by atomic mass is 9.98. The van der Waals surface area contributed by atoms with Gasteiger partial charge in [-0.3, -0.25) is 0 Å². The van der Waals surface area contributed by atoms with Gasteiger partial charge in [0, 0.05) is 6.42 Å². The molecule has 0 radical (unpaired) electrons. The second-order valence-corrected chi connectivity index (χ2v) is 5.37. The number of alkyl carbamates (subject to hydrolysis) is 1. The number of hydrogen-bond donors (Lipinski definition) is 1. The van der Waals surface area contributed by atoms with E-state index in [1.165, 1.54) is 27.8 Å². The van der Waals surface area contributed by atoms with Gasteiger partial charge in [0.1, 0.15) is 0 Å². The first-order valence-electron chi connectivity index (χ1n) is 6.96. The van der Waals surface area contributed by atoms with Gasteiger partial charge in [-0.05, 0) is 34.2 Å². The van der Waals surface area contributed by atoms with E-state index in [9.17, 15) is 4.79 Å². The van der Waals surface area contributed by atoms with Crippen LogP contribution in [-0.2, 0) is 11.2 Å². The molecule has 2 aromatic carbocycles. The number of fused-ring (bicyclic) bond motifs is 3. The predicted octanol–water partition coefficient (Wildman–Crippen LogP) is 3.43. The lowest BCUT2D eigenvalue weighted by Gasteiger charge is -2.24. The summed E-state index contributed by atoms with van der Waals surface area (Å²) >= 11 is 0. The van der Waals surface area contributed by atoms with Crippen LogP contribution in [0.3, 0.4) is 0 Å². The van der Waals surface area contributed by atoms with Crippen LogP contribution in [0.15, 0.2) is 42.5 Å². The van der Waals surface area contributed by atoms with Crippen LogP contribution < -0.4 is 5.32 Å². The van der Waals surface area contributed by atoms with Crippen molar-refractivity contribution in [2.45, 2.75) is 18.9 Å². The second-order valence-electron chi connectivity index (χ2n) is 5.37. The Kier molecular flexibility index (Phi) is 2.52. The molecular weight excluding hydrogens is 250 g/mol. The van der Waals surface area contributed by atoms with Crippen molar-refractivity contribution in [2.75, 3.05) is 6.61 Å². The fourth-order valence-electron chi connectivity index (χ4n) is 3.16. The van der Waals surface area contributed by atoms with Gasteiger partial charge in [0.05, 0.1) is 12.6 Å². The maximum absolute atomic E-state index is 11.3. The molecule has 20 heavy (non-hydrogen) atoms. The minimum atomic E-state index is -0.315. The maximum atomic E-state index is 11.3. The van der Waals surface area contributed by atoms with Gasteiger partial charge < -0.3 is 10.1 Å². The summed E-state index contributed by atoms with van der Waals surface area (Å²) in [5.41, 5.74) is 6.57. The number of benzene rings is 2. The second kappa shape index (κ2) is 4.37. The van der Waals surface area contributed by atoms with Crippen LogP contribution in [0, 0.1) is 0 Å².